The molecule has 6 heteroatoms. The second-order valence-corrected chi connectivity index (χ2v) is 3.75. The van der Waals surface area contributed by atoms with Crippen molar-refractivity contribution in [2.45, 2.75) is 13.8 Å². The first-order valence-corrected chi connectivity index (χ1v) is 4.82. The fraction of sp³-hybridized carbons (Fsp3) is 0.300. The minimum absolute atomic E-state index is 0.244. The van der Waals surface area contributed by atoms with Gasteiger partial charge in [0.2, 0.25) is 0 Å². The van der Waals surface area contributed by atoms with Crippen molar-refractivity contribution < 1.29 is 4.79 Å². The Balaban J connectivity index is 2.97. The quantitative estimate of drug-likeness (QED) is 0.718. The molecule has 0 radical (unpaired) electrons. The summed E-state index contributed by atoms with van der Waals surface area (Å²) in [7, 11) is 1.73. The Hall–Kier alpha value is -2.11. The minimum atomic E-state index is -0.583. The van der Waals surface area contributed by atoms with Crippen LogP contribution in [0.5, 0.6) is 0 Å². The highest BCUT2D eigenvalue weighted by molar-refractivity contribution is 6.08. The van der Waals surface area contributed by atoms with Crippen LogP contribution in [-0.4, -0.2) is 20.4 Å². The summed E-state index contributed by atoms with van der Waals surface area (Å²) in [6, 6.07) is 0. The summed E-state index contributed by atoms with van der Waals surface area (Å²) < 4.78 is 1.62. The van der Waals surface area contributed by atoms with Crippen molar-refractivity contribution in [2.24, 2.45) is 12.8 Å². The summed E-state index contributed by atoms with van der Waals surface area (Å²) >= 11 is 0. The number of hydrogen-bond acceptors (Lipinski definition) is 4. The summed E-state index contributed by atoms with van der Waals surface area (Å²) in [5, 5.41) is 0. The zero-order chi connectivity index (χ0) is 12.0. The molecule has 1 amide bonds. The highest BCUT2D eigenvalue weighted by Crippen LogP contribution is 2.24. The molecule has 4 N–H and O–H groups in total. The van der Waals surface area contributed by atoms with Crippen LogP contribution < -0.4 is 11.5 Å². The lowest BCUT2D eigenvalue weighted by atomic mass is 10.2. The molecule has 0 saturated heterocycles. The Morgan fingerprint density at radius 2 is 1.81 bits per heavy atom. The van der Waals surface area contributed by atoms with Gasteiger partial charge in [-0.1, -0.05) is 0 Å². The molecule has 0 aromatic carbocycles. The highest BCUT2D eigenvalue weighted by Gasteiger charge is 2.20. The number of nitrogen functional groups attached to an aromatic ring is 1. The van der Waals surface area contributed by atoms with Crippen molar-refractivity contribution >= 4 is 22.9 Å². The van der Waals surface area contributed by atoms with Crippen LogP contribution in [0.3, 0.4) is 0 Å². The third-order valence-electron chi connectivity index (χ3n) is 2.71. The van der Waals surface area contributed by atoms with Gasteiger partial charge in [0.1, 0.15) is 16.9 Å². The first kappa shape index (κ1) is 10.4. The summed E-state index contributed by atoms with van der Waals surface area (Å²) in [6.45, 7) is 3.69. The molecule has 0 atom stereocenters. The number of carbonyl (C=O) groups excluding carboxylic acids is 1. The Labute approximate surface area is 92.3 Å². The monoisotopic (exact) mass is 219 g/mol. The third kappa shape index (κ3) is 1.23. The maximum Gasteiger partial charge on any atom is 0.254 e. The molecule has 0 fully saturated rings. The molecule has 0 spiro atoms. The number of carbonyl (C=O) groups is 1. The predicted octanol–water partition coefficient (Wildman–Crippen LogP) is 0.266. The van der Waals surface area contributed by atoms with Crippen LogP contribution in [0, 0.1) is 13.8 Å². The molecule has 84 valence electrons. The molecular formula is C10H13N5O. The third-order valence-corrected chi connectivity index (χ3v) is 2.71. The molecule has 2 aromatic heterocycles. The Bertz CT molecular complexity index is 599. The normalized spacial score (nSPS) is 10.9. The fourth-order valence-electron chi connectivity index (χ4n) is 1.64. The van der Waals surface area contributed by atoms with Crippen LogP contribution >= 0.6 is 0 Å². The number of amides is 1. The maximum absolute atomic E-state index is 11.3. The summed E-state index contributed by atoms with van der Waals surface area (Å²) in [6.07, 6.45) is 0. The van der Waals surface area contributed by atoms with E-state index in [0.717, 1.165) is 11.4 Å². The van der Waals surface area contributed by atoms with E-state index in [9.17, 15) is 4.79 Å². The number of primary amides is 1. The van der Waals surface area contributed by atoms with Gasteiger partial charge < -0.3 is 16.0 Å². The molecule has 0 aliphatic heterocycles. The van der Waals surface area contributed by atoms with E-state index in [1.54, 1.807) is 11.6 Å². The average Bonchev–Trinajstić information content (AvgIpc) is 2.42. The number of fused-ring (bicyclic) bond motifs is 1. The van der Waals surface area contributed by atoms with Crippen LogP contribution in [0.1, 0.15) is 21.7 Å². The molecular weight excluding hydrogens is 206 g/mol. The predicted molar refractivity (Wildman–Crippen MR) is 60.9 cm³/mol. The Morgan fingerprint density at radius 3 is 2.38 bits per heavy atom. The van der Waals surface area contributed by atoms with Gasteiger partial charge in [-0.2, -0.15) is 0 Å². The van der Waals surface area contributed by atoms with Crippen molar-refractivity contribution in [1.82, 2.24) is 14.5 Å². The van der Waals surface area contributed by atoms with Gasteiger partial charge >= 0.3 is 0 Å². The number of hydrogen-bond donors (Lipinski definition) is 2. The van der Waals surface area contributed by atoms with Gasteiger partial charge in [0.15, 0.2) is 5.65 Å². The molecule has 16 heavy (non-hydrogen) atoms. The molecule has 2 aromatic rings. The van der Waals surface area contributed by atoms with Gasteiger partial charge in [0, 0.05) is 7.05 Å². The summed E-state index contributed by atoms with van der Waals surface area (Å²) in [5.41, 5.74) is 13.9. The Morgan fingerprint density at radius 1 is 1.25 bits per heavy atom. The first-order chi connectivity index (χ1) is 7.43. The molecule has 2 rings (SSSR count). The van der Waals surface area contributed by atoms with E-state index >= 15 is 0 Å². The summed E-state index contributed by atoms with van der Waals surface area (Å²) in [5.74, 6) is -0.284. The maximum atomic E-state index is 11.3. The van der Waals surface area contributed by atoms with Crippen LogP contribution in [0.4, 0.5) is 5.82 Å². The van der Waals surface area contributed by atoms with E-state index in [-0.39, 0.29) is 5.56 Å². The van der Waals surface area contributed by atoms with E-state index in [1.165, 1.54) is 0 Å². The van der Waals surface area contributed by atoms with Gasteiger partial charge in [-0.05, 0) is 13.8 Å². The van der Waals surface area contributed by atoms with Crippen molar-refractivity contribution in [2.75, 3.05) is 5.73 Å². The Kier molecular flexibility index (Phi) is 2.08. The van der Waals surface area contributed by atoms with Crippen LogP contribution in [0.25, 0.3) is 11.2 Å². The lowest BCUT2D eigenvalue weighted by Gasteiger charge is -2.00. The van der Waals surface area contributed by atoms with E-state index in [1.807, 2.05) is 13.8 Å². The van der Waals surface area contributed by atoms with E-state index in [2.05, 4.69) is 9.97 Å². The molecule has 0 aliphatic carbocycles. The zero-order valence-corrected chi connectivity index (χ0v) is 9.40. The van der Waals surface area contributed by atoms with Gasteiger partial charge in [-0.3, -0.25) is 4.79 Å². The molecule has 0 aliphatic rings. The van der Waals surface area contributed by atoms with E-state index in [0.29, 0.717) is 17.0 Å². The number of aromatic nitrogens is 3. The molecule has 0 unspecified atom stereocenters. The van der Waals surface area contributed by atoms with E-state index in [4.69, 9.17) is 11.5 Å². The van der Waals surface area contributed by atoms with Gasteiger partial charge in [0.05, 0.1) is 11.4 Å². The van der Waals surface area contributed by atoms with Gasteiger partial charge in [-0.25, -0.2) is 9.97 Å². The zero-order valence-electron chi connectivity index (χ0n) is 9.40. The number of rotatable bonds is 1. The molecule has 6 nitrogen and oxygen atoms in total. The van der Waals surface area contributed by atoms with Crippen LogP contribution in [0.2, 0.25) is 0 Å². The van der Waals surface area contributed by atoms with Gasteiger partial charge in [-0.15, -0.1) is 0 Å². The molecule has 2 heterocycles. The summed E-state index contributed by atoms with van der Waals surface area (Å²) in [4.78, 5) is 20.0. The van der Waals surface area contributed by atoms with Crippen molar-refractivity contribution in [3.05, 3.63) is 17.0 Å². The standard InChI is InChI=1S/C10H13N5O/c1-4-5(2)14-10-7(13-4)6(9(12)16)8(11)15(10)3/h11H2,1-3H3,(H2,12,16). The van der Waals surface area contributed by atoms with Crippen molar-refractivity contribution in [3.63, 3.8) is 0 Å². The second-order valence-electron chi connectivity index (χ2n) is 3.75. The van der Waals surface area contributed by atoms with Crippen LogP contribution in [-0.2, 0) is 7.05 Å². The minimum Gasteiger partial charge on any atom is -0.384 e. The lowest BCUT2D eigenvalue weighted by molar-refractivity contribution is 0.100. The number of nitrogens with zero attached hydrogens (tertiary/aromatic N) is 3. The molecule has 0 saturated carbocycles. The smallest absolute Gasteiger partial charge is 0.254 e. The topological polar surface area (TPSA) is 99.8 Å². The number of nitrogens with two attached hydrogens (primary N) is 2. The number of anilines is 1. The SMILES string of the molecule is Cc1nc2c(C(N)=O)c(N)n(C)c2nc1C. The fourth-order valence-corrected chi connectivity index (χ4v) is 1.64. The number of aryl methyl sites for hydroxylation is 3. The average molecular weight is 219 g/mol. The van der Waals surface area contributed by atoms with Gasteiger partial charge in [0.25, 0.3) is 5.91 Å². The second kappa shape index (κ2) is 3.19. The lowest BCUT2D eigenvalue weighted by Crippen LogP contribution is -2.13. The largest absolute Gasteiger partial charge is 0.384 e. The van der Waals surface area contributed by atoms with Crippen molar-refractivity contribution in [1.29, 1.82) is 0 Å². The van der Waals surface area contributed by atoms with Crippen LogP contribution in [0.15, 0.2) is 0 Å². The first-order valence-electron chi connectivity index (χ1n) is 4.82. The van der Waals surface area contributed by atoms with E-state index < -0.39 is 5.91 Å². The van der Waals surface area contributed by atoms with Crippen molar-refractivity contribution in [3.8, 4) is 0 Å². The highest BCUT2D eigenvalue weighted by atomic mass is 16.1. The molecule has 0 bridgehead atoms.